The normalized spacial score (nSPS) is 23.7. The van der Waals surface area contributed by atoms with Crippen molar-refractivity contribution < 1.29 is 14.1 Å². The van der Waals surface area contributed by atoms with Gasteiger partial charge in [-0.25, -0.2) is 13.7 Å². The van der Waals surface area contributed by atoms with E-state index in [1.165, 1.54) is 0 Å². The average molecular weight is 511 g/mol. The summed E-state index contributed by atoms with van der Waals surface area (Å²) in [5.74, 6) is -0.118. The standard InChI is InChI=1S/C26H27ClN4O3S/c1-30-22-10-4-5-11-23(22)31(21-9-3-2-7-19(21)26(30)33)24-12-6-8-20(25(24)32)29-35(28,34)18-15-13-17(27)14-16-18/h2-5,7,9-11,13-16,20,24-25,32H,6,8,12H2,1H3,(H2,28,29,34). The minimum Gasteiger partial charge on any atom is -0.389 e. The Bertz CT molecular complexity index is 1360. The summed E-state index contributed by atoms with van der Waals surface area (Å²) < 4.78 is 24.7. The molecule has 0 spiro atoms. The molecule has 1 aliphatic heterocycles. The van der Waals surface area contributed by atoms with E-state index in [1.54, 1.807) is 42.3 Å². The molecule has 35 heavy (non-hydrogen) atoms. The second kappa shape index (κ2) is 9.28. The number of benzene rings is 3. The minimum absolute atomic E-state index is 0.118. The molecule has 182 valence electrons. The first-order valence-electron chi connectivity index (χ1n) is 11.5. The third-order valence-electron chi connectivity index (χ3n) is 6.82. The topological polar surface area (TPSA) is 96.7 Å². The van der Waals surface area contributed by atoms with Gasteiger partial charge in [-0.1, -0.05) is 35.9 Å². The molecule has 7 nitrogen and oxygen atoms in total. The number of carbonyl (C=O) groups excluding carboxylic acids is 1. The van der Waals surface area contributed by atoms with Crippen molar-refractivity contribution in [3.05, 3.63) is 83.4 Å². The number of aliphatic hydroxyl groups excluding tert-OH is 1. The van der Waals surface area contributed by atoms with Gasteiger partial charge in [0.2, 0.25) is 0 Å². The molecule has 0 saturated heterocycles. The highest BCUT2D eigenvalue weighted by Gasteiger charge is 2.41. The van der Waals surface area contributed by atoms with E-state index in [1.807, 2.05) is 47.4 Å². The Kier molecular flexibility index (Phi) is 6.31. The highest BCUT2D eigenvalue weighted by atomic mass is 35.5. The molecule has 1 amide bonds. The second-order valence-electron chi connectivity index (χ2n) is 8.96. The van der Waals surface area contributed by atoms with Crippen LogP contribution in [0.4, 0.5) is 17.1 Å². The zero-order valence-electron chi connectivity index (χ0n) is 19.2. The van der Waals surface area contributed by atoms with Gasteiger partial charge in [0, 0.05) is 18.1 Å². The Balaban J connectivity index is 1.53. The van der Waals surface area contributed by atoms with Gasteiger partial charge in [-0.05, 0) is 67.8 Å². The molecule has 0 bridgehead atoms. The van der Waals surface area contributed by atoms with E-state index in [0.717, 1.165) is 23.5 Å². The number of rotatable bonds is 4. The molecule has 1 saturated carbocycles. The number of fused-ring (bicyclic) bond motifs is 2. The summed E-state index contributed by atoms with van der Waals surface area (Å²) in [6.07, 6.45) is 1.10. The lowest BCUT2D eigenvalue weighted by molar-refractivity contribution is 0.0816. The maximum Gasteiger partial charge on any atom is 0.260 e. The van der Waals surface area contributed by atoms with E-state index in [9.17, 15) is 14.1 Å². The first-order valence-corrected chi connectivity index (χ1v) is 13.5. The molecule has 3 N–H and O–H groups in total. The average Bonchev–Trinajstić information content (AvgIpc) is 2.94. The summed E-state index contributed by atoms with van der Waals surface area (Å²) in [4.78, 5) is 17.3. The van der Waals surface area contributed by atoms with Crippen molar-refractivity contribution in [3.63, 3.8) is 0 Å². The van der Waals surface area contributed by atoms with Gasteiger partial charge < -0.3 is 14.9 Å². The first-order chi connectivity index (χ1) is 16.8. The van der Waals surface area contributed by atoms with Crippen LogP contribution in [0, 0.1) is 4.78 Å². The number of carbonyl (C=O) groups is 1. The Morgan fingerprint density at radius 2 is 1.60 bits per heavy atom. The van der Waals surface area contributed by atoms with Gasteiger partial charge in [-0.2, -0.15) is 0 Å². The fourth-order valence-electron chi connectivity index (χ4n) is 5.07. The maximum absolute atomic E-state index is 13.3. The number of halogens is 1. The van der Waals surface area contributed by atoms with E-state index in [-0.39, 0.29) is 11.9 Å². The van der Waals surface area contributed by atoms with Crippen molar-refractivity contribution in [2.24, 2.45) is 0 Å². The number of anilines is 3. The van der Waals surface area contributed by atoms with Gasteiger partial charge in [0.25, 0.3) is 5.91 Å². The predicted molar refractivity (Wildman–Crippen MR) is 139 cm³/mol. The van der Waals surface area contributed by atoms with E-state index in [2.05, 4.69) is 4.72 Å². The number of para-hydroxylation sites is 3. The number of nitrogens with one attached hydrogen (secondary N) is 2. The number of hydrogen-bond acceptors (Lipinski definition) is 5. The second-order valence-corrected chi connectivity index (χ2v) is 11.2. The zero-order chi connectivity index (χ0) is 24.7. The zero-order valence-corrected chi connectivity index (χ0v) is 20.8. The van der Waals surface area contributed by atoms with Gasteiger partial charge in [0.05, 0.1) is 39.7 Å². The van der Waals surface area contributed by atoms with E-state index in [4.69, 9.17) is 16.4 Å². The molecule has 0 aromatic heterocycles. The van der Waals surface area contributed by atoms with Crippen molar-refractivity contribution >= 4 is 44.5 Å². The SMILES string of the molecule is CN1C(=O)c2ccccc2N(C2CCCC(NS(=N)(=O)c3ccc(Cl)cc3)C2O)c2ccccc21. The van der Waals surface area contributed by atoms with Crippen LogP contribution in [0.25, 0.3) is 0 Å². The van der Waals surface area contributed by atoms with Crippen LogP contribution >= 0.6 is 11.6 Å². The van der Waals surface area contributed by atoms with E-state index < -0.39 is 22.1 Å². The van der Waals surface area contributed by atoms with Gasteiger partial charge in [-0.3, -0.25) is 4.79 Å². The quantitative estimate of drug-likeness (QED) is 0.462. The van der Waals surface area contributed by atoms with Gasteiger partial charge in [0.1, 0.15) is 9.92 Å². The van der Waals surface area contributed by atoms with Crippen LogP contribution in [0.3, 0.4) is 0 Å². The summed E-state index contributed by atoms with van der Waals surface area (Å²) in [6, 6.07) is 20.5. The largest absolute Gasteiger partial charge is 0.389 e. The van der Waals surface area contributed by atoms with Crippen LogP contribution in [0.15, 0.2) is 77.7 Å². The summed E-state index contributed by atoms with van der Waals surface area (Å²) in [7, 11) is -1.60. The fraction of sp³-hybridized carbons (Fsp3) is 0.269. The highest BCUT2D eigenvalue weighted by Crippen LogP contribution is 2.44. The van der Waals surface area contributed by atoms with Crippen LogP contribution in [0.2, 0.25) is 5.02 Å². The van der Waals surface area contributed by atoms with Crippen LogP contribution in [-0.4, -0.2) is 40.5 Å². The van der Waals surface area contributed by atoms with Crippen LogP contribution in [-0.2, 0) is 9.92 Å². The first kappa shape index (κ1) is 23.8. The summed E-state index contributed by atoms with van der Waals surface area (Å²) in [5, 5.41) is 12.1. The highest BCUT2D eigenvalue weighted by molar-refractivity contribution is 7.90. The Labute approximate surface area is 210 Å². The molecule has 5 rings (SSSR count). The van der Waals surface area contributed by atoms with E-state index >= 15 is 0 Å². The Morgan fingerprint density at radius 3 is 2.31 bits per heavy atom. The molecule has 1 aliphatic carbocycles. The van der Waals surface area contributed by atoms with Crippen LogP contribution in [0.1, 0.15) is 29.6 Å². The lowest BCUT2D eigenvalue weighted by atomic mass is 9.86. The van der Waals surface area contributed by atoms with E-state index in [0.29, 0.717) is 28.3 Å². The summed E-state index contributed by atoms with van der Waals surface area (Å²) in [5.41, 5.74) is 2.85. The van der Waals surface area contributed by atoms with Crippen molar-refractivity contribution in [1.29, 1.82) is 4.78 Å². The number of nitrogens with zero attached hydrogens (tertiary/aromatic N) is 2. The third kappa shape index (κ3) is 4.31. The summed E-state index contributed by atoms with van der Waals surface area (Å²) >= 11 is 5.95. The molecule has 0 radical (unpaired) electrons. The van der Waals surface area contributed by atoms with Gasteiger partial charge >= 0.3 is 0 Å². The molecular formula is C26H27ClN4O3S. The molecule has 1 heterocycles. The Hall–Kier alpha value is -2.91. The maximum atomic E-state index is 13.3. The molecule has 1 fully saturated rings. The lowest BCUT2D eigenvalue weighted by Gasteiger charge is -2.43. The lowest BCUT2D eigenvalue weighted by Crippen LogP contribution is -2.55. The monoisotopic (exact) mass is 510 g/mol. The number of amides is 1. The molecule has 3 aromatic rings. The molecule has 3 aromatic carbocycles. The number of aliphatic hydroxyl groups is 1. The van der Waals surface area contributed by atoms with Crippen LogP contribution in [0.5, 0.6) is 0 Å². The van der Waals surface area contributed by atoms with Gasteiger partial charge in [0.15, 0.2) is 0 Å². The van der Waals surface area contributed by atoms with Crippen LogP contribution < -0.4 is 14.5 Å². The predicted octanol–water partition coefficient (Wildman–Crippen LogP) is 4.96. The molecule has 4 atom stereocenters. The molecule has 4 unspecified atom stereocenters. The Morgan fingerprint density at radius 1 is 0.971 bits per heavy atom. The fourth-order valence-corrected chi connectivity index (χ4v) is 6.53. The third-order valence-corrected chi connectivity index (χ3v) is 8.64. The van der Waals surface area contributed by atoms with Crippen molar-refractivity contribution in [2.75, 3.05) is 16.8 Å². The van der Waals surface area contributed by atoms with Crippen molar-refractivity contribution in [3.8, 4) is 0 Å². The summed E-state index contributed by atoms with van der Waals surface area (Å²) in [6.45, 7) is 0. The van der Waals surface area contributed by atoms with Crippen molar-refractivity contribution in [1.82, 2.24) is 4.72 Å². The molecular weight excluding hydrogens is 484 g/mol. The molecule has 9 heteroatoms. The molecule has 2 aliphatic rings. The minimum atomic E-state index is -3.36. The smallest absolute Gasteiger partial charge is 0.260 e. The number of hydrogen-bond donors (Lipinski definition) is 3. The van der Waals surface area contributed by atoms with Crippen molar-refractivity contribution in [2.45, 2.75) is 42.3 Å². The van der Waals surface area contributed by atoms with Gasteiger partial charge in [-0.15, -0.1) is 0 Å².